The first-order valence-electron chi connectivity index (χ1n) is 14.2. The van der Waals surface area contributed by atoms with E-state index in [4.69, 9.17) is 0 Å². The van der Waals surface area contributed by atoms with Crippen LogP contribution in [0, 0.1) is 24.7 Å². The smallest absolute Gasteiger partial charge is 0.243 e. The average molecular weight is 529 g/mol. The number of benzene rings is 1. The van der Waals surface area contributed by atoms with Crippen LogP contribution in [0.1, 0.15) is 91.3 Å². The quantitative estimate of drug-likeness (QED) is 0.342. The van der Waals surface area contributed by atoms with Crippen LogP contribution in [-0.2, 0) is 10.0 Å². The minimum Gasteiger partial charge on any atom is -0.379 e. The number of hydrogen-bond acceptors (Lipinski definition) is 2. The Morgan fingerprint density at radius 1 is 0.889 bits per heavy atom. The fraction of sp³-hybridized carbons (Fsp3) is 0.667. The maximum absolute atomic E-state index is 14.2. The first-order chi connectivity index (χ1) is 16.9. The molecule has 2 fully saturated rings. The molecule has 0 bridgehead atoms. The molecular weight excluding hydrogens is 480 g/mol. The first-order valence-corrected chi connectivity index (χ1v) is 17.8. The van der Waals surface area contributed by atoms with E-state index in [-0.39, 0.29) is 6.04 Å². The zero-order valence-corrected chi connectivity index (χ0v) is 25.6. The van der Waals surface area contributed by atoms with Gasteiger partial charge >= 0.3 is 0 Å². The lowest BCUT2D eigenvalue weighted by atomic mass is 9.67. The van der Waals surface area contributed by atoms with Crippen molar-refractivity contribution in [3.05, 3.63) is 53.9 Å². The van der Waals surface area contributed by atoms with Crippen LogP contribution in [0.3, 0.4) is 0 Å². The number of aryl methyl sites for hydroxylation is 1. The van der Waals surface area contributed by atoms with E-state index in [1.54, 1.807) is 12.1 Å². The highest BCUT2D eigenvalue weighted by Gasteiger charge is 2.49. The molecule has 1 aromatic carbocycles. The number of sulfonamides is 1. The lowest BCUT2D eigenvalue weighted by molar-refractivity contribution is 0.0370. The zero-order chi connectivity index (χ0) is 26.4. The van der Waals surface area contributed by atoms with Crippen LogP contribution in [0.25, 0.3) is 0 Å². The Labute approximate surface area is 221 Å². The molecule has 0 N–H and O–H groups in total. The lowest BCUT2D eigenvalue weighted by Gasteiger charge is -2.49. The van der Waals surface area contributed by atoms with Gasteiger partial charge in [0.2, 0.25) is 10.0 Å². The Morgan fingerprint density at radius 3 is 2.06 bits per heavy atom. The normalized spacial score (nSPS) is 26.1. The monoisotopic (exact) mass is 528 g/mol. The number of hydrogen-bond donors (Lipinski definition) is 0. The van der Waals surface area contributed by atoms with Gasteiger partial charge in [0, 0.05) is 6.54 Å². The Hall–Kier alpha value is -1.37. The minimum absolute atomic E-state index is 0.116. The molecule has 0 spiro atoms. The summed E-state index contributed by atoms with van der Waals surface area (Å²) < 4.78 is 32.8. The van der Waals surface area contributed by atoms with Gasteiger partial charge in [0.1, 0.15) is 0 Å². The molecule has 1 saturated carbocycles. The summed E-state index contributed by atoms with van der Waals surface area (Å²) in [4.78, 5) is 0.425. The molecule has 1 aliphatic heterocycles. The van der Waals surface area contributed by atoms with Crippen molar-refractivity contribution in [3.63, 3.8) is 0 Å². The fourth-order valence-corrected chi connectivity index (χ4v) is 16.5. The maximum atomic E-state index is 14.2. The van der Waals surface area contributed by atoms with E-state index in [9.17, 15) is 8.42 Å². The van der Waals surface area contributed by atoms with Gasteiger partial charge in [-0.1, -0.05) is 79.0 Å². The third-order valence-electron chi connectivity index (χ3n) is 9.77. The van der Waals surface area contributed by atoms with E-state index in [0.29, 0.717) is 45.8 Å². The Balaban J connectivity index is 1.82. The average Bonchev–Trinajstić information content (AvgIpc) is 3.28. The lowest BCUT2D eigenvalue weighted by Crippen LogP contribution is -2.52. The van der Waals surface area contributed by atoms with Gasteiger partial charge < -0.3 is 4.23 Å². The van der Waals surface area contributed by atoms with E-state index in [1.165, 1.54) is 24.8 Å². The molecule has 1 aliphatic carbocycles. The SMILES string of the molecule is Cc1ccc(S(=O)(=O)N2C[C@@H]3CCCC[C@@H]3[C@@H](C)[C@H]2c2ccn([Si](C(C)C)(C(C)C)C(C)C)c2)cc1. The van der Waals surface area contributed by atoms with Crippen molar-refractivity contribution in [2.45, 2.75) is 109 Å². The predicted octanol–water partition coefficient (Wildman–Crippen LogP) is 8.01. The topological polar surface area (TPSA) is 42.3 Å². The Morgan fingerprint density at radius 2 is 1.47 bits per heavy atom. The highest BCUT2D eigenvalue weighted by molar-refractivity contribution is 7.89. The summed E-state index contributed by atoms with van der Waals surface area (Å²) in [7, 11) is -5.49. The molecule has 0 radical (unpaired) electrons. The van der Waals surface area contributed by atoms with Crippen LogP contribution in [0.15, 0.2) is 47.6 Å². The van der Waals surface area contributed by atoms with Crippen molar-refractivity contribution < 1.29 is 8.42 Å². The second-order valence-electron chi connectivity index (χ2n) is 12.6. The number of rotatable bonds is 7. The van der Waals surface area contributed by atoms with E-state index in [0.717, 1.165) is 12.0 Å². The molecule has 1 aromatic heterocycles. The maximum Gasteiger partial charge on any atom is 0.243 e. The third kappa shape index (κ3) is 4.56. The second-order valence-corrected chi connectivity index (χ2v) is 20.2. The zero-order valence-electron chi connectivity index (χ0n) is 23.7. The third-order valence-corrected chi connectivity index (χ3v) is 18.4. The summed E-state index contributed by atoms with van der Waals surface area (Å²) >= 11 is 0. The molecule has 200 valence electrons. The molecule has 2 aliphatic rings. The van der Waals surface area contributed by atoms with Crippen molar-refractivity contribution in [2.24, 2.45) is 17.8 Å². The van der Waals surface area contributed by atoms with Crippen LogP contribution in [0.4, 0.5) is 0 Å². The largest absolute Gasteiger partial charge is 0.379 e. The highest BCUT2D eigenvalue weighted by atomic mass is 32.2. The minimum atomic E-state index is -3.60. The van der Waals surface area contributed by atoms with Crippen molar-refractivity contribution in [1.82, 2.24) is 8.54 Å². The highest BCUT2D eigenvalue weighted by Crippen LogP contribution is 2.50. The molecule has 36 heavy (non-hydrogen) atoms. The van der Waals surface area contributed by atoms with Crippen molar-refractivity contribution in [3.8, 4) is 0 Å². The molecular formula is C30H48N2O2SSi. The first kappa shape index (κ1) is 27.7. The molecule has 0 unspecified atom stereocenters. The molecule has 6 heteroatoms. The van der Waals surface area contributed by atoms with Crippen molar-refractivity contribution in [2.75, 3.05) is 6.54 Å². The van der Waals surface area contributed by atoms with E-state index in [2.05, 4.69) is 71.2 Å². The van der Waals surface area contributed by atoms with Crippen LogP contribution in [0.5, 0.6) is 0 Å². The van der Waals surface area contributed by atoms with E-state index < -0.39 is 18.3 Å². The molecule has 4 atom stereocenters. The standard InChI is InChI=1S/C30H48N2O2SSi/c1-21(2)36(22(3)4,23(5)6)31-18-17-27(19-31)30-25(8)29-12-10-9-11-26(29)20-32(30)35(33,34)28-15-13-24(7)14-16-28/h13-19,21-23,25-26,29-30H,9-12,20H2,1-8H3/t25-,26+,29-,30+/m1/s1. The molecule has 1 saturated heterocycles. The van der Waals surface area contributed by atoms with Gasteiger partial charge in [0.25, 0.3) is 0 Å². The Kier molecular flexibility index (Phi) is 8.00. The van der Waals surface area contributed by atoms with Gasteiger partial charge in [0.05, 0.1) is 10.9 Å². The number of fused-ring (bicyclic) bond motifs is 1. The fourth-order valence-electron chi connectivity index (χ4n) is 8.28. The number of nitrogens with zero attached hydrogens (tertiary/aromatic N) is 2. The van der Waals surface area contributed by atoms with Gasteiger partial charge in [0.15, 0.2) is 8.24 Å². The molecule has 4 nitrogen and oxygen atoms in total. The van der Waals surface area contributed by atoms with E-state index >= 15 is 0 Å². The molecule has 0 amide bonds. The second kappa shape index (κ2) is 10.4. The van der Waals surface area contributed by atoms with Gasteiger partial charge in [-0.25, -0.2) is 8.42 Å². The van der Waals surface area contributed by atoms with Gasteiger partial charge in [-0.05, 0) is 90.3 Å². The van der Waals surface area contributed by atoms with Gasteiger partial charge in [-0.2, -0.15) is 4.31 Å². The number of aromatic nitrogens is 1. The van der Waals surface area contributed by atoms with Crippen molar-refractivity contribution in [1.29, 1.82) is 0 Å². The van der Waals surface area contributed by atoms with Crippen LogP contribution in [-0.4, -0.2) is 31.7 Å². The summed E-state index contributed by atoms with van der Waals surface area (Å²) in [6.45, 7) is 19.3. The van der Waals surface area contributed by atoms with E-state index in [1.807, 2.05) is 23.4 Å². The molecule has 2 aromatic rings. The summed E-state index contributed by atoms with van der Waals surface area (Å²) in [5, 5.41) is 0. The summed E-state index contributed by atoms with van der Waals surface area (Å²) in [5.74, 6) is 1.36. The summed E-state index contributed by atoms with van der Waals surface area (Å²) in [6, 6.07) is 9.55. The van der Waals surface area contributed by atoms with Crippen molar-refractivity contribution >= 4 is 18.3 Å². The van der Waals surface area contributed by atoms with Gasteiger partial charge in [-0.15, -0.1) is 0 Å². The van der Waals surface area contributed by atoms with Crippen LogP contribution < -0.4 is 0 Å². The Bertz CT molecular complexity index is 1110. The van der Waals surface area contributed by atoms with Gasteiger partial charge in [-0.3, -0.25) is 0 Å². The predicted molar refractivity (Wildman–Crippen MR) is 153 cm³/mol. The molecule has 4 rings (SSSR count). The summed E-state index contributed by atoms with van der Waals surface area (Å²) in [6.07, 6.45) is 9.51. The van der Waals surface area contributed by atoms with Crippen LogP contribution >= 0.6 is 0 Å². The molecule has 2 heterocycles. The van der Waals surface area contributed by atoms with Crippen LogP contribution in [0.2, 0.25) is 16.6 Å². The number of piperidine rings is 1. The summed E-state index contributed by atoms with van der Waals surface area (Å²) in [5.41, 5.74) is 4.05.